The normalized spacial score (nSPS) is 20.0. The minimum atomic E-state index is -0.172. The Morgan fingerprint density at radius 1 is 0.963 bits per heavy atom. The summed E-state index contributed by atoms with van der Waals surface area (Å²) in [5, 5.41) is 0. The molecule has 0 atom stereocenters. The average molecular weight is 375 g/mol. The van der Waals surface area contributed by atoms with Gasteiger partial charge in [0.2, 0.25) is 0 Å². The van der Waals surface area contributed by atoms with Gasteiger partial charge < -0.3 is 24.3 Å². The van der Waals surface area contributed by atoms with Crippen molar-refractivity contribution in [1.82, 2.24) is 14.7 Å². The van der Waals surface area contributed by atoms with E-state index in [1.54, 1.807) is 0 Å². The topological polar surface area (TPSA) is 39.3 Å². The first-order valence-electron chi connectivity index (χ1n) is 10.1. The second-order valence-corrected chi connectivity index (χ2v) is 8.61. The summed E-state index contributed by atoms with van der Waals surface area (Å²) in [6.45, 7) is 13.4. The Bertz CT molecular complexity index is 591. The third kappa shape index (κ3) is 5.84. The van der Waals surface area contributed by atoms with Gasteiger partial charge >= 0.3 is 6.09 Å². The van der Waals surface area contributed by atoms with Crippen molar-refractivity contribution in [3.63, 3.8) is 0 Å². The fourth-order valence-corrected chi connectivity index (χ4v) is 3.79. The number of piperazine rings is 2. The molecule has 6 nitrogen and oxygen atoms in total. The van der Waals surface area contributed by atoms with E-state index in [1.807, 2.05) is 11.0 Å². The first-order chi connectivity index (χ1) is 12.9. The molecular formula is C21H34N4O2. The Balaban J connectivity index is 1.40. The number of rotatable bonds is 5. The summed E-state index contributed by atoms with van der Waals surface area (Å²) in [6, 6.07) is 10.4. The minimum absolute atomic E-state index is 0.0303. The van der Waals surface area contributed by atoms with E-state index in [0.717, 1.165) is 45.8 Å². The zero-order valence-electron chi connectivity index (χ0n) is 17.1. The van der Waals surface area contributed by atoms with Crippen LogP contribution in [0.15, 0.2) is 30.3 Å². The molecule has 150 valence electrons. The molecule has 2 aliphatic rings. The smallest absolute Gasteiger partial charge is 0.409 e. The molecule has 2 aliphatic heterocycles. The molecule has 0 aliphatic carbocycles. The fourth-order valence-electron chi connectivity index (χ4n) is 3.79. The maximum Gasteiger partial charge on any atom is 0.409 e. The van der Waals surface area contributed by atoms with Crippen LogP contribution in [0.4, 0.5) is 10.5 Å². The van der Waals surface area contributed by atoms with Gasteiger partial charge in [0.25, 0.3) is 0 Å². The number of likely N-dealkylation sites (N-methyl/N-ethyl adjacent to an activating group) is 1. The Hall–Kier alpha value is -1.79. The lowest BCUT2D eigenvalue weighted by Crippen LogP contribution is -2.50. The fraction of sp³-hybridized carbons (Fsp3) is 0.667. The van der Waals surface area contributed by atoms with Gasteiger partial charge in [0.15, 0.2) is 0 Å². The lowest BCUT2D eigenvalue weighted by Gasteiger charge is -2.38. The number of anilines is 1. The summed E-state index contributed by atoms with van der Waals surface area (Å²) in [4.78, 5) is 21.5. The van der Waals surface area contributed by atoms with Gasteiger partial charge in [-0.3, -0.25) is 0 Å². The Morgan fingerprint density at radius 2 is 1.59 bits per heavy atom. The third-order valence-corrected chi connectivity index (χ3v) is 5.49. The lowest BCUT2D eigenvalue weighted by molar-refractivity contribution is 0.0397. The first kappa shape index (κ1) is 20.0. The number of carbonyl (C=O) groups is 1. The molecule has 0 unspecified atom stereocenters. The summed E-state index contributed by atoms with van der Waals surface area (Å²) < 4.78 is 5.68. The molecule has 0 aromatic heterocycles. The van der Waals surface area contributed by atoms with Crippen molar-refractivity contribution in [2.75, 3.05) is 77.5 Å². The van der Waals surface area contributed by atoms with Crippen LogP contribution in [0, 0.1) is 5.41 Å². The van der Waals surface area contributed by atoms with Crippen molar-refractivity contribution in [1.29, 1.82) is 0 Å². The summed E-state index contributed by atoms with van der Waals surface area (Å²) in [6.07, 6.45) is -0.172. The molecule has 0 N–H and O–H groups in total. The van der Waals surface area contributed by atoms with Crippen LogP contribution >= 0.6 is 0 Å². The van der Waals surface area contributed by atoms with Crippen LogP contribution in [-0.2, 0) is 4.74 Å². The van der Waals surface area contributed by atoms with Crippen molar-refractivity contribution in [2.24, 2.45) is 5.41 Å². The predicted molar refractivity (Wildman–Crippen MR) is 109 cm³/mol. The monoisotopic (exact) mass is 374 g/mol. The van der Waals surface area contributed by atoms with Crippen molar-refractivity contribution < 1.29 is 9.53 Å². The molecule has 0 radical (unpaired) electrons. The van der Waals surface area contributed by atoms with Crippen LogP contribution in [0.25, 0.3) is 0 Å². The first-order valence-corrected chi connectivity index (χ1v) is 10.1. The van der Waals surface area contributed by atoms with E-state index in [1.165, 1.54) is 5.69 Å². The molecular weight excluding hydrogens is 340 g/mol. The third-order valence-electron chi connectivity index (χ3n) is 5.49. The zero-order valence-corrected chi connectivity index (χ0v) is 17.1. The summed E-state index contributed by atoms with van der Waals surface area (Å²) in [5.74, 6) is 0. The van der Waals surface area contributed by atoms with Gasteiger partial charge in [0.05, 0.1) is 6.61 Å². The molecule has 0 bridgehead atoms. The maximum atomic E-state index is 12.5. The average Bonchev–Trinajstić information content (AvgIpc) is 2.69. The summed E-state index contributed by atoms with van der Waals surface area (Å²) in [7, 11) is 2.17. The molecule has 1 amide bonds. The Kier molecular flexibility index (Phi) is 6.60. The number of hydrogen-bond acceptors (Lipinski definition) is 5. The lowest BCUT2D eigenvalue weighted by atomic mass is 9.93. The summed E-state index contributed by atoms with van der Waals surface area (Å²) in [5.41, 5.74) is 1.19. The molecule has 3 rings (SSSR count). The zero-order chi connectivity index (χ0) is 19.3. The van der Waals surface area contributed by atoms with Crippen LogP contribution in [0.5, 0.6) is 0 Å². The Labute approximate surface area is 163 Å². The van der Waals surface area contributed by atoms with Crippen LogP contribution < -0.4 is 4.90 Å². The van der Waals surface area contributed by atoms with E-state index in [9.17, 15) is 4.79 Å². The van der Waals surface area contributed by atoms with E-state index in [4.69, 9.17) is 4.74 Å². The number of benzene rings is 1. The molecule has 27 heavy (non-hydrogen) atoms. The van der Waals surface area contributed by atoms with Gasteiger partial charge in [0.1, 0.15) is 0 Å². The van der Waals surface area contributed by atoms with Crippen LogP contribution in [0.2, 0.25) is 0 Å². The second-order valence-electron chi connectivity index (χ2n) is 8.61. The van der Waals surface area contributed by atoms with E-state index in [2.05, 4.69) is 59.9 Å². The van der Waals surface area contributed by atoms with E-state index >= 15 is 0 Å². The van der Waals surface area contributed by atoms with Gasteiger partial charge in [-0.05, 0) is 19.2 Å². The molecule has 2 heterocycles. The maximum absolute atomic E-state index is 12.5. The minimum Gasteiger partial charge on any atom is -0.449 e. The predicted octanol–water partition coefficient (Wildman–Crippen LogP) is 2.22. The van der Waals surface area contributed by atoms with Gasteiger partial charge in [-0.15, -0.1) is 0 Å². The van der Waals surface area contributed by atoms with Crippen molar-refractivity contribution in [3.8, 4) is 0 Å². The van der Waals surface area contributed by atoms with Crippen molar-refractivity contribution in [2.45, 2.75) is 13.8 Å². The molecule has 0 spiro atoms. The molecule has 0 saturated carbocycles. The van der Waals surface area contributed by atoms with Crippen LogP contribution in [0.3, 0.4) is 0 Å². The Morgan fingerprint density at radius 3 is 2.22 bits per heavy atom. The van der Waals surface area contributed by atoms with Gasteiger partial charge in [-0.25, -0.2) is 4.79 Å². The van der Waals surface area contributed by atoms with Crippen molar-refractivity contribution in [3.05, 3.63) is 30.3 Å². The highest BCUT2D eigenvalue weighted by molar-refractivity contribution is 5.68. The molecule has 1 aromatic carbocycles. The number of hydrogen-bond donors (Lipinski definition) is 0. The molecule has 2 fully saturated rings. The van der Waals surface area contributed by atoms with Gasteiger partial charge in [0, 0.05) is 70.0 Å². The molecule has 1 aromatic rings. The number of nitrogens with zero attached hydrogens (tertiary/aromatic N) is 4. The highest BCUT2D eigenvalue weighted by atomic mass is 16.6. The van der Waals surface area contributed by atoms with E-state index < -0.39 is 0 Å². The molecule has 6 heteroatoms. The number of ether oxygens (including phenoxy) is 1. The number of para-hydroxylation sites is 1. The molecule has 2 saturated heterocycles. The quantitative estimate of drug-likeness (QED) is 0.790. The van der Waals surface area contributed by atoms with E-state index in [-0.39, 0.29) is 11.5 Å². The highest BCUT2D eigenvalue weighted by Gasteiger charge is 2.28. The number of carbonyl (C=O) groups excluding carboxylic acids is 1. The second kappa shape index (κ2) is 8.93. The van der Waals surface area contributed by atoms with Gasteiger partial charge in [-0.1, -0.05) is 32.0 Å². The highest BCUT2D eigenvalue weighted by Crippen LogP contribution is 2.20. The van der Waals surface area contributed by atoms with E-state index in [0.29, 0.717) is 19.7 Å². The number of amides is 1. The van der Waals surface area contributed by atoms with Gasteiger partial charge in [-0.2, -0.15) is 0 Å². The van der Waals surface area contributed by atoms with Crippen LogP contribution in [0.1, 0.15) is 13.8 Å². The van der Waals surface area contributed by atoms with Crippen LogP contribution in [-0.4, -0.2) is 93.4 Å². The largest absolute Gasteiger partial charge is 0.449 e. The summed E-state index contributed by atoms with van der Waals surface area (Å²) >= 11 is 0. The SMILES string of the molecule is CN1CCN(CC(C)(C)COC(=O)N2CCN(c3ccccc3)CC2)CC1. The standard InChI is InChI=1S/C21H34N4O2/c1-21(2,17-23-11-9-22(3)10-12-23)18-27-20(26)25-15-13-24(14-16-25)19-7-5-4-6-8-19/h4-8H,9-18H2,1-3H3. The van der Waals surface area contributed by atoms with Crippen molar-refractivity contribution >= 4 is 11.8 Å².